The first-order chi connectivity index (χ1) is 8.91. The smallest absolute Gasteiger partial charge is 0.212 e. The molecule has 1 heterocycles. The lowest BCUT2D eigenvalue weighted by molar-refractivity contribution is 0.392. The van der Waals surface area contributed by atoms with Crippen molar-refractivity contribution in [3.63, 3.8) is 0 Å². The highest BCUT2D eigenvalue weighted by molar-refractivity contribution is 9.09. The number of sulfonamides is 1. The van der Waals surface area contributed by atoms with Crippen LogP contribution in [-0.4, -0.2) is 30.0 Å². The van der Waals surface area contributed by atoms with Crippen LogP contribution in [0.2, 0.25) is 0 Å². The third kappa shape index (κ3) is 6.01. The molecule has 0 aliphatic heterocycles. The van der Waals surface area contributed by atoms with Crippen LogP contribution in [0.3, 0.4) is 0 Å². The summed E-state index contributed by atoms with van der Waals surface area (Å²) >= 11 is 3.37. The van der Waals surface area contributed by atoms with E-state index in [0.29, 0.717) is 6.42 Å². The Kier molecular flexibility index (Phi) is 6.42. The molecule has 0 saturated carbocycles. The van der Waals surface area contributed by atoms with Gasteiger partial charge in [-0.25, -0.2) is 13.1 Å². The summed E-state index contributed by atoms with van der Waals surface area (Å²) in [6, 6.07) is 3.68. The summed E-state index contributed by atoms with van der Waals surface area (Å²) in [7, 11) is -3.26. The molecule has 0 spiro atoms. The van der Waals surface area contributed by atoms with Crippen molar-refractivity contribution in [3.05, 3.63) is 30.1 Å². The van der Waals surface area contributed by atoms with Crippen molar-refractivity contribution < 1.29 is 8.42 Å². The number of rotatable bonds is 8. The largest absolute Gasteiger partial charge is 0.265 e. The Morgan fingerprint density at radius 2 is 2.00 bits per heavy atom. The van der Waals surface area contributed by atoms with E-state index in [9.17, 15) is 8.42 Å². The van der Waals surface area contributed by atoms with Gasteiger partial charge in [-0.1, -0.05) is 22.9 Å². The number of pyridine rings is 1. The van der Waals surface area contributed by atoms with Crippen LogP contribution < -0.4 is 4.72 Å². The lowest BCUT2D eigenvalue weighted by Gasteiger charge is -2.28. The van der Waals surface area contributed by atoms with Gasteiger partial charge < -0.3 is 0 Å². The third-order valence-corrected chi connectivity index (χ3v) is 5.18. The van der Waals surface area contributed by atoms with Gasteiger partial charge in [-0.2, -0.15) is 0 Å². The van der Waals surface area contributed by atoms with Crippen molar-refractivity contribution in [2.24, 2.45) is 0 Å². The first-order valence-electron chi connectivity index (χ1n) is 6.37. The standard InChI is InChI=1S/C13H21BrN2O2S/c1-3-13(2,7-8-14)16-19(17,18)11-6-12-4-9-15-10-5-12/h4-5,9-10,16H,3,6-8,11H2,1-2H3. The molecule has 108 valence electrons. The Morgan fingerprint density at radius 3 is 2.53 bits per heavy atom. The Labute approximate surface area is 124 Å². The molecule has 1 aromatic rings. The molecule has 0 radical (unpaired) electrons. The van der Waals surface area contributed by atoms with E-state index in [1.54, 1.807) is 12.4 Å². The molecule has 0 aliphatic carbocycles. The minimum Gasteiger partial charge on any atom is -0.265 e. The quantitative estimate of drug-likeness (QED) is 0.734. The van der Waals surface area contributed by atoms with Gasteiger partial charge in [0.2, 0.25) is 10.0 Å². The molecule has 0 bridgehead atoms. The monoisotopic (exact) mass is 348 g/mol. The highest BCUT2D eigenvalue weighted by atomic mass is 79.9. The first kappa shape index (κ1) is 16.6. The SMILES string of the molecule is CCC(C)(CCBr)NS(=O)(=O)CCc1ccncc1. The van der Waals surface area contributed by atoms with Crippen molar-refractivity contribution in [2.75, 3.05) is 11.1 Å². The van der Waals surface area contributed by atoms with Crippen molar-refractivity contribution in [1.82, 2.24) is 9.71 Å². The summed E-state index contributed by atoms with van der Waals surface area (Å²) in [4.78, 5) is 3.92. The van der Waals surface area contributed by atoms with Crippen molar-refractivity contribution in [3.8, 4) is 0 Å². The predicted octanol–water partition coefficient (Wildman–Crippen LogP) is 2.50. The zero-order chi connectivity index (χ0) is 14.4. The summed E-state index contributed by atoms with van der Waals surface area (Å²) in [6.45, 7) is 3.94. The highest BCUT2D eigenvalue weighted by Crippen LogP contribution is 2.17. The van der Waals surface area contributed by atoms with Gasteiger partial charge in [0.1, 0.15) is 0 Å². The molecule has 0 fully saturated rings. The van der Waals surface area contributed by atoms with Gasteiger partial charge >= 0.3 is 0 Å². The molecule has 1 unspecified atom stereocenters. The number of hydrogen-bond acceptors (Lipinski definition) is 3. The van der Waals surface area contributed by atoms with Gasteiger partial charge in [0.15, 0.2) is 0 Å². The topological polar surface area (TPSA) is 59.1 Å². The summed E-state index contributed by atoms with van der Waals surface area (Å²) in [6.07, 6.45) is 5.41. The van der Waals surface area contributed by atoms with Crippen LogP contribution in [0.1, 0.15) is 32.3 Å². The second kappa shape index (κ2) is 7.36. The molecule has 1 atom stereocenters. The summed E-state index contributed by atoms with van der Waals surface area (Å²) < 4.78 is 27.0. The van der Waals surface area contributed by atoms with Gasteiger partial charge in [0.25, 0.3) is 0 Å². The van der Waals surface area contributed by atoms with E-state index in [-0.39, 0.29) is 11.3 Å². The number of nitrogens with one attached hydrogen (secondary N) is 1. The Hall–Kier alpha value is -0.460. The zero-order valence-corrected chi connectivity index (χ0v) is 13.8. The summed E-state index contributed by atoms with van der Waals surface area (Å²) in [5.74, 6) is 0.106. The van der Waals surface area contributed by atoms with E-state index in [0.717, 1.165) is 23.7 Å². The molecule has 4 nitrogen and oxygen atoms in total. The normalized spacial score (nSPS) is 15.1. The van der Waals surface area contributed by atoms with Crippen LogP contribution in [0.4, 0.5) is 0 Å². The van der Waals surface area contributed by atoms with E-state index in [1.807, 2.05) is 26.0 Å². The average molecular weight is 349 g/mol. The van der Waals surface area contributed by atoms with E-state index in [2.05, 4.69) is 25.6 Å². The van der Waals surface area contributed by atoms with Crippen LogP contribution in [0.15, 0.2) is 24.5 Å². The zero-order valence-electron chi connectivity index (χ0n) is 11.4. The fourth-order valence-corrected chi connectivity index (χ4v) is 4.22. The van der Waals surface area contributed by atoms with Gasteiger partial charge in [0.05, 0.1) is 5.75 Å². The molecule has 0 saturated heterocycles. The van der Waals surface area contributed by atoms with Crippen molar-refractivity contribution in [1.29, 1.82) is 0 Å². The lowest BCUT2D eigenvalue weighted by atomic mass is 9.98. The maximum Gasteiger partial charge on any atom is 0.212 e. The van der Waals surface area contributed by atoms with Crippen LogP contribution in [0.25, 0.3) is 0 Å². The molecule has 1 rings (SSSR count). The fourth-order valence-electron chi connectivity index (χ4n) is 1.74. The molecule has 19 heavy (non-hydrogen) atoms. The van der Waals surface area contributed by atoms with Crippen LogP contribution in [0, 0.1) is 0 Å². The Morgan fingerprint density at radius 1 is 1.37 bits per heavy atom. The lowest BCUT2D eigenvalue weighted by Crippen LogP contribution is -2.46. The van der Waals surface area contributed by atoms with Gasteiger partial charge in [-0.15, -0.1) is 0 Å². The van der Waals surface area contributed by atoms with Crippen molar-refractivity contribution >= 4 is 26.0 Å². The minimum absolute atomic E-state index is 0.106. The fraction of sp³-hybridized carbons (Fsp3) is 0.615. The number of aryl methyl sites for hydroxylation is 1. The summed E-state index contributed by atoms with van der Waals surface area (Å²) in [5, 5.41) is 0.782. The molecule has 1 aromatic heterocycles. The molecule has 1 N–H and O–H groups in total. The second-order valence-electron chi connectivity index (χ2n) is 4.88. The van der Waals surface area contributed by atoms with Crippen LogP contribution in [0.5, 0.6) is 0 Å². The Bertz CT molecular complexity index is 479. The summed E-state index contributed by atoms with van der Waals surface area (Å²) in [5.41, 5.74) is 0.611. The number of aromatic nitrogens is 1. The van der Waals surface area contributed by atoms with E-state index in [4.69, 9.17) is 0 Å². The van der Waals surface area contributed by atoms with Crippen molar-refractivity contribution in [2.45, 2.75) is 38.6 Å². The second-order valence-corrected chi connectivity index (χ2v) is 7.51. The predicted molar refractivity (Wildman–Crippen MR) is 82.0 cm³/mol. The van der Waals surface area contributed by atoms with E-state index >= 15 is 0 Å². The highest BCUT2D eigenvalue weighted by Gasteiger charge is 2.26. The number of nitrogens with zero attached hydrogens (tertiary/aromatic N) is 1. The molecule has 6 heteroatoms. The minimum atomic E-state index is -3.26. The van der Waals surface area contributed by atoms with Crippen LogP contribution >= 0.6 is 15.9 Å². The van der Waals surface area contributed by atoms with Crippen LogP contribution in [-0.2, 0) is 16.4 Å². The molecule has 0 amide bonds. The molecule has 0 aliphatic rings. The molecular weight excluding hydrogens is 328 g/mol. The van der Waals surface area contributed by atoms with Gasteiger partial charge in [0, 0.05) is 23.3 Å². The first-order valence-corrected chi connectivity index (χ1v) is 9.15. The Balaban J connectivity index is 2.61. The molecular formula is C13H21BrN2O2S. The van der Waals surface area contributed by atoms with E-state index in [1.165, 1.54) is 0 Å². The number of alkyl halides is 1. The molecule has 0 aromatic carbocycles. The number of halogens is 1. The average Bonchev–Trinajstić information content (AvgIpc) is 2.37. The number of hydrogen-bond donors (Lipinski definition) is 1. The van der Waals surface area contributed by atoms with E-state index < -0.39 is 10.0 Å². The van der Waals surface area contributed by atoms with Gasteiger partial charge in [-0.05, 0) is 43.9 Å². The maximum absolute atomic E-state index is 12.1. The van der Waals surface area contributed by atoms with Gasteiger partial charge in [-0.3, -0.25) is 4.98 Å². The third-order valence-electron chi connectivity index (χ3n) is 3.24. The maximum atomic E-state index is 12.1.